The quantitative estimate of drug-likeness (QED) is 0.724. The van der Waals surface area contributed by atoms with Crippen molar-refractivity contribution in [1.29, 1.82) is 0 Å². The van der Waals surface area contributed by atoms with Crippen LogP contribution >= 0.6 is 11.3 Å². The zero-order valence-corrected chi connectivity index (χ0v) is 16.9. The Morgan fingerprint density at radius 2 is 2.07 bits per heavy atom. The average Bonchev–Trinajstić information content (AvgIpc) is 3.06. The van der Waals surface area contributed by atoms with Crippen molar-refractivity contribution in [2.45, 2.75) is 52.5 Å². The molecule has 0 aliphatic rings. The first-order chi connectivity index (χ1) is 12.8. The predicted molar refractivity (Wildman–Crippen MR) is 109 cm³/mol. The molecule has 0 radical (unpaired) electrons. The minimum atomic E-state index is -0.0950. The number of fused-ring (bicyclic) bond motifs is 1. The Labute approximate surface area is 162 Å². The summed E-state index contributed by atoms with van der Waals surface area (Å²) in [5.41, 5.74) is 2.57. The third kappa shape index (κ3) is 4.42. The molecule has 0 spiro atoms. The van der Waals surface area contributed by atoms with Gasteiger partial charge < -0.3 is 5.32 Å². The molecule has 0 saturated carbocycles. The fourth-order valence-electron chi connectivity index (χ4n) is 2.76. The monoisotopic (exact) mass is 384 g/mol. The van der Waals surface area contributed by atoms with Gasteiger partial charge in [-0.25, -0.2) is 9.97 Å². The van der Waals surface area contributed by atoms with Gasteiger partial charge in [-0.3, -0.25) is 14.2 Å². The number of nitrogens with one attached hydrogen (secondary N) is 1. The van der Waals surface area contributed by atoms with Crippen LogP contribution in [0.3, 0.4) is 0 Å². The molecule has 1 aromatic carbocycles. The number of para-hydroxylation sites is 1. The van der Waals surface area contributed by atoms with Gasteiger partial charge in [0.05, 0.1) is 22.9 Å². The summed E-state index contributed by atoms with van der Waals surface area (Å²) in [4.78, 5) is 33.6. The van der Waals surface area contributed by atoms with Gasteiger partial charge in [-0.15, -0.1) is 11.3 Å². The highest BCUT2D eigenvalue weighted by atomic mass is 32.1. The Morgan fingerprint density at radius 1 is 1.30 bits per heavy atom. The van der Waals surface area contributed by atoms with Gasteiger partial charge in [-0.2, -0.15) is 0 Å². The molecule has 2 aromatic heterocycles. The van der Waals surface area contributed by atoms with E-state index in [0.717, 1.165) is 16.8 Å². The molecule has 0 bridgehead atoms. The molecule has 0 aliphatic heterocycles. The summed E-state index contributed by atoms with van der Waals surface area (Å²) in [7, 11) is 0. The molecule has 0 saturated heterocycles. The Balaban J connectivity index is 1.59. The summed E-state index contributed by atoms with van der Waals surface area (Å²) in [6, 6.07) is 5.59. The Kier molecular flexibility index (Phi) is 5.41. The van der Waals surface area contributed by atoms with Gasteiger partial charge in [0.15, 0.2) is 5.13 Å². The van der Waals surface area contributed by atoms with Crippen molar-refractivity contribution in [3.63, 3.8) is 0 Å². The van der Waals surface area contributed by atoms with Gasteiger partial charge in [0.1, 0.15) is 0 Å². The molecule has 142 valence electrons. The van der Waals surface area contributed by atoms with Gasteiger partial charge in [0.25, 0.3) is 5.56 Å². The summed E-state index contributed by atoms with van der Waals surface area (Å²) < 4.78 is 1.57. The van der Waals surface area contributed by atoms with Crippen molar-refractivity contribution in [2.75, 3.05) is 5.32 Å². The number of aryl methyl sites for hydroxylation is 2. The van der Waals surface area contributed by atoms with E-state index in [-0.39, 0.29) is 16.9 Å². The molecule has 1 amide bonds. The number of aromatic nitrogens is 3. The molecule has 0 unspecified atom stereocenters. The molecular formula is C20H24N4O2S. The van der Waals surface area contributed by atoms with Crippen LogP contribution in [0.15, 0.2) is 34.7 Å². The molecule has 6 nitrogen and oxygen atoms in total. The smallest absolute Gasteiger partial charge is 0.261 e. The van der Waals surface area contributed by atoms with Gasteiger partial charge in [0.2, 0.25) is 5.91 Å². The second kappa shape index (κ2) is 7.60. The average molecular weight is 385 g/mol. The summed E-state index contributed by atoms with van der Waals surface area (Å²) in [6.07, 6.45) is 2.44. The lowest BCUT2D eigenvalue weighted by atomic mass is 9.93. The van der Waals surface area contributed by atoms with Crippen LogP contribution in [-0.2, 0) is 16.8 Å². The van der Waals surface area contributed by atoms with E-state index >= 15 is 0 Å². The molecule has 3 aromatic rings. The van der Waals surface area contributed by atoms with E-state index in [0.29, 0.717) is 29.9 Å². The van der Waals surface area contributed by atoms with E-state index in [1.807, 2.05) is 24.4 Å². The lowest BCUT2D eigenvalue weighted by Gasteiger charge is -2.14. The number of hydrogen-bond donors (Lipinski definition) is 1. The maximum Gasteiger partial charge on any atom is 0.261 e. The van der Waals surface area contributed by atoms with Crippen molar-refractivity contribution in [3.05, 3.63) is 51.5 Å². The second-order valence-corrected chi connectivity index (χ2v) is 8.51. The van der Waals surface area contributed by atoms with Crippen molar-refractivity contribution in [3.8, 4) is 0 Å². The van der Waals surface area contributed by atoms with Crippen LogP contribution in [0.2, 0.25) is 0 Å². The van der Waals surface area contributed by atoms with Crippen LogP contribution in [0.1, 0.15) is 44.9 Å². The second-order valence-electron chi connectivity index (χ2n) is 7.65. The number of thiazole rings is 1. The maximum absolute atomic E-state index is 12.6. The standard InChI is InChI=1S/C20H24N4O2S/c1-13-7-5-8-14-17(13)21-12-24(18(14)26)10-6-9-16(25)23-19-22-15(11-27-19)20(2,3)4/h5,7-8,11-12H,6,9-10H2,1-4H3,(H,22,23,25). The predicted octanol–water partition coefficient (Wildman–Crippen LogP) is 3.88. The lowest BCUT2D eigenvalue weighted by Crippen LogP contribution is -2.22. The molecule has 7 heteroatoms. The number of carbonyl (C=O) groups is 1. The zero-order valence-electron chi connectivity index (χ0n) is 16.1. The van der Waals surface area contributed by atoms with E-state index in [2.05, 4.69) is 36.1 Å². The summed E-state index contributed by atoms with van der Waals surface area (Å²) >= 11 is 1.43. The lowest BCUT2D eigenvalue weighted by molar-refractivity contribution is -0.116. The first kappa shape index (κ1) is 19.2. The van der Waals surface area contributed by atoms with Crippen LogP contribution in [0, 0.1) is 6.92 Å². The van der Waals surface area contributed by atoms with Crippen LogP contribution in [0.5, 0.6) is 0 Å². The highest BCUT2D eigenvalue weighted by Crippen LogP contribution is 2.26. The maximum atomic E-state index is 12.6. The van der Waals surface area contributed by atoms with Crippen molar-refractivity contribution >= 4 is 33.3 Å². The molecule has 3 rings (SSSR count). The number of benzene rings is 1. The van der Waals surface area contributed by atoms with Gasteiger partial charge in [-0.05, 0) is 25.0 Å². The van der Waals surface area contributed by atoms with Crippen molar-refractivity contribution < 1.29 is 4.79 Å². The number of amides is 1. The number of rotatable bonds is 5. The fourth-order valence-corrected chi connectivity index (χ4v) is 3.72. The summed E-state index contributed by atoms with van der Waals surface area (Å²) in [5, 5.41) is 6.03. The van der Waals surface area contributed by atoms with E-state index in [1.54, 1.807) is 17.0 Å². The largest absolute Gasteiger partial charge is 0.302 e. The number of hydrogen-bond acceptors (Lipinski definition) is 5. The van der Waals surface area contributed by atoms with Crippen LogP contribution in [-0.4, -0.2) is 20.4 Å². The molecular weight excluding hydrogens is 360 g/mol. The van der Waals surface area contributed by atoms with Crippen LogP contribution in [0.25, 0.3) is 10.9 Å². The van der Waals surface area contributed by atoms with E-state index in [4.69, 9.17) is 0 Å². The molecule has 0 aliphatic carbocycles. The normalized spacial score (nSPS) is 11.7. The van der Waals surface area contributed by atoms with Gasteiger partial charge in [0, 0.05) is 23.8 Å². The van der Waals surface area contributed by atoms with Crippen LogP contribution < -0.4 is 10.9 Å². The highest BCUT2D eigenvalue weighted by Gasteiger charge is 2.18. The SMILES string of the molecule is Cc1cccc2c(=O)n(CCCC(=O)Nc3nc(C(C)(C)C)cs3)cnc12. The fraction of sp³-hybridized carbons (Fsp3) is 0.400. The highest BCUT2D eigenvalue weighted by molar-refractivity contribution is 7.13. The Bertz CT molecular complexity index is 1030. The molecule has 0 atom stereocenters. The Morgan fingerprint density at radius 3 is 2.78 bits per heavy atom. The molecule has 27 heavy (non-hydrogen) atoms. The van der Waals surface area contributed by atoms with Gasteiger partial charge in [-0.1, -0.05) is 32.9 Å². The number of anilines is 1. The van der Waals surface area contributed by atoms with E-state index in [1.165, 1.54) is 11.3 Å². The van der Waals surface area contributed by atoms with E-state index in [9.17, 15) is 9.59 Å². The minimum Gasteiger partial charge on any atom is -0.302 e. The molecule has 0 fully saturated rings. The minimum absolute atomic E-state index is 0.0396. The first-order valence-corrected chi connectivity index (χ1v) is 9.84. The first-order valence-electron chi connectivity index (χ1n) is 8.96. The third-order valence-electron chi connectivity index (χ3n) is 4.38. The zero-order chi connectivity index (χ0) is 19.6. The summed E-state index contributed by atoms with van der Waals surface area (Å²) in [5.74, 6) is -0.0950. The van der Waals surface area contributed by atoms with Gasteiger partial charge >= 0.3 is 0 Å². The van der Waals surface area contributed by atoms with E-state index < -0.39 is 0 Å². The third-order valence-corrected chi connectivity index (χ3v) is 5.13. The summed E-state index contributed by atoms with van der Waals surface area (Å²) in [6.45, 7) is 8.65. The Hall–Kier alpha value is -2.54. The number of carbonyl (C=O) groups excluding carboxylic acids is 1. The topological polar surface area (TPSA) is 76.9 Å². The van der Waals surface area contributed by atoms with Crippen LogP contribution in [0.4, 0.5) is 5.13 Å². The number of nitrogens with zero attached hydrogens (tertiary/aromatic N) is 3. The van der Waals surface area contributed by atoms with Crippen molar-refractivity contribution in [1.82, 2.24) is 14.5 Å². The molecule has 1 N–H and O–H groups in total. The molecule has 2 heterocycles. The van der Waals surface area contributed by atoms with Crippen molar-refractivity contribution in [2.24, 2.45) is 0 Å².